The Morgan fingerprint density at radius 1 is 1.61 bits per heavy atom. The predicted molar refractivity (Wildman–Crippen MR) is 64.3 cm³/mol. The van der Waals surface area contributed by atoms with Crippen molar-refractivity contribution in [2.75, 3.05) is 11.5 Å². The Morgan fingerprint density at radius 3 is 3.06 bits per heavy atom. The highest BCUT2D eigenvalue weighted by molar-refractivity contribution is 5.94. The number of benzene rings is 1. The second-order valence-corrected chi connectivity index (χ2v) is 3.71. The zero-order chi connectivity index (χ0) is 13.1. The van der Waals surface area contributed by atoms with Gasteiger partial charge in [0.05, 0.1) is 18.4 Å². The number of fused-ring (bicyclic) bond motifs is 1. The van der Waals surface area contributed by atoms with Gasteiger partial charge in [-0.1, -0.05) is 6.08 Å². The number of nitriles is 1. The van der Waals surface area contributed by atoms with Gasteiger partial charge in [-0.15, -0.1) is 0 Å². The smallest absolute Gasteiger partial charge is 0.415 e. The molecule has 4 nitrogen and oxygen atoms in total. The lowest BCUT2D eigenvalue weighted by molar-refractivity contribution is 0.159. The Labute approximate surface area is 104 Å². The first-order chi connectivity index (χ1) is 8.67. The molecule has 1 aliphatic heterocycles. The molecule has 1 heterocycles. The van der Waals surface area contributed by atoms with Crippen molar-refractivity contribution in [3.8, 4) is 6.07 Å². The summed E-state index contributed by atoms with van der Waals surface area (Å²) in [5.74, 6) is -0.391. The maximum Gasteiger partial charge on any atom is 0.415 e. The van der Waals surface area contributed by atoms with Crippen molar-refractivity contribution < 1.29 is 13.9 Å². The Morgan fingerprint density at radius 2 is 2.39 bits per heavy atom. The lowest BCUT2D eigenvalue weighted by atomic mass is 10.0. The number of amides is 1. The van der Waals surface area contributed by atoms with Gasteiger partial charge in [0.2, 0.25) is 0 Å². The van der Waals surface area contributed by atoms with E-state index in [1.807, 2.05) is 6.07 Å². The van der Waals surface area contributed by atoms with Gasteiger partial charge in [0, 0.05) is 5.56 Å². The fourth-order valence-electron chi connectivity index (χ4n) is 1.81. The highest BCUT2D eigenvalue weighted by atomic mass is 19.1. The van der Waals surface area contributed by atoms with E-state index in [9.17, 15) is 9.18 Å². The molecule has 0 radical (unpaired) electrons. The molecule has 1 atom stereocenters. The number of hydrogen-bond acceptors (Lipinski definition) is 3. The van der Waals surface area contributed by atoms with Gasteiger partial charge in [0.15, 0.2) is 0 Å². The van der Waals surface area contributed by atoms with Crippen LogP contribution in [-0.2, 0) is 4.74 Å². The molecule has 0 aromatic heterocycles. The summed E-state index contributed by atoms with van der Waals surface area (Å²) in [6.45, 7) is 1.90. The standard InChI is InChI=1S/C13H11FN2O2/c1-2-18-13(17)16-11(8-15)5-3-9-7-10(14)4-6-12(9)16/h3-7,11H,2H2,1H3. The zero-order valence-electron chi connectivity index (χ0n) is 9.76. The lowest BCUT2D eigenvalue weighted by Gasteiger charge is -2.29. The minimum atomic E-state index is -0.734. The molecule has 1 unspecified atom stereocenters. The molecule has 0 aliphatic carbocycles. The normalized spacial score (nSPS) is 16.9. The van der Waals surface area contributed by atoms with Gasteiger partial charge in [-0.25, -0.2) is 9.18 Å². The molecule has 1 amide bonds. The van der Waals surface area contributed by atoms with E-state index in [4.69, 9.17) is 10.00 Å². The number of hydrogen-bond donors (Lipinski definition) is 0. The number of carbonyl (C=O) groups is 1. The zero-order valence-corrected chi connectivity index (χ0v) is 9.76. The minimum absolute atomic E-state index is 0.216. The topological polar surface area (TPSA) is 53.3 Å². The van der Waals surface area contributed by atoms with E-state index in [2.05, 4.69) is 0 Å². The summed E-state index contributed by atoms with van der Waals surface area (Å²) >= 11 is 0. The van der Waals surface area contributed by atoms with Crippen LogP contribution in [0.25, 0.3) is 6.08 Å². The first-order valence-corrected chi connectivity index (χ1v) is 5.50. The SMILES string of the molecule is CCOC(=O)N1c2ccc(F)cc2C=CC1C#N. The van der Waals surface area contributed by atoms with E-state index in [1.165, 1.54) is 23.1 Å². The van der Waals surface area contributed by atoms with Gasteiger partial charge < -0.3 is 4.74 Å². The molecular weight excluding hydrogens is 235 g/mol. The molecule has 0 saturated carbocycles. The molecule has 1 aromatic rings. The highest BCUT2D eigenvalue weighted by Crippen LogP contribution is 2.30. The molecule has 18 heavy (non-hydrogen) atoms. The van der Waals surface area contributed by atoms with Crippen LogP contribution in [0.1, 0.15) is 12.5 Å². The summed E-state index contributed by atoms with van der Waals surface area (Å²) in [7, 11) is 0. The van der Waals surface area contributed by atoms with Crippen molar-refractivity contribution in [3.05, 3.63) is 35.7 Å². The van der Waals surface area contributed by atoms with Crippen LogP contribution < -0.4 is 4.90 Å². The third kappa shape index (κ3) is 2.05. The second-order valence-electron chi connectivity index (χ2n) is 3.71. The van der Waals surface area contributed by atoms with Gasteiger partial charge in [-0.2, -0.15) is 5.26 Å². The molecule has 0 saturated heterocycles. The van der Waals surface area contributed by atoms with Crippen molar-refractivity contribution in [1.29, 1.82) is 5.26 Å². The van der Waals surface area contributed by atoms with E-state index in [0.29, 0.717) is 11.3 Å². The van der Waals surface area contributed by atoms with Crippen LogP contribution in [0.3, 0.4) is 0 Å². The van der Waals surface area contributed by atoms with E-state index in [1.54, 1.807) is 19.1 Å². The number of anilines is 1. The van der Waals surface area contributed by atoms with Crippen molar-refractivity contribution >= 4 is 17.9 Å². The number of rotatable bonds is 1. The number of halogens is 1. The quantitative estimate of drug-likeness (QED) is 0.765. The third-order valence-corrected chi connectivity index (χ3v) is 2.58. The third-order valence-electron chi connectivity index (χ3n) is 2.58. The first kappa shape index (κ1) is 12.1. The predicted octanol–water partition coefficient (Wildman–Crippen LogP) is 2.71. The molecular formula is C13H11FN2O2. The first-order valence-electron chi connectivity index (χ1n) is 5.50. The van der Waals surface area contributed by atoms with Crippen molar-refractivity contribution in [3.63, 3.8) is 0 Å². The van der Waals surface area contributed by atoms with Gasteiger partial charge >= 0.3 is 6.09 Å². The molecule has 0 bridgehead atoms. The van der Waals surface area contributed by atoms with Gasteiger partial charge in [0.25, 0.3) is 0 Å². The fourth-order valence-corrected chi connectivity index (χ4v) is 1.81. The van der Waals surface area contributed by atoms with Crippen LogP contribution in [0, 0.1) is 17.1 Å². The van der Waals surface area contributed by atoms with Crippen LogP contribution in [0.15, 0.2) is 24.3 Å². The lowest BCUT2D eigenvalue weighted by Crippen LogP contribution is -2.40. The average Bonchev–Trinajstić information content (AvgIpc) is 2.37. The van der Waals surface area contributed by atoms with Crippen LogP contribution in [0.2, 0.25) is 0 Å². The maximum atomic E-state index is 13.1. The van der Waals surface area contributed by atoms with Gasteiger partial charge in [-0.3, -0.25) is 4.90 Å². The Bertz CT molecular complexity index is 548. The van der Waals surface area contributed by atoms with E-state index in [0.717, 1.165) is 0 Å². The maximum absolute atomic E-state index is 13.1. The largest absolute Gasteiger partial charge is 0.449 e. The summed E-state index contributed by atoms with van der Waals surface area (Å²) in [5.41, 5.74) is 1.03. The number of ether oxygens (including phenoxy) is 1. The molecule has 92 valence electrons. The summed E-state index contributed by atoms with van der Waals surface area (Å²) in [5, 5.41) is 9.03. The van der Waals surface area contributed by atoms with Crippen LogP contribution in [-0.4, -0.2) is 18.7 Å². The molecule has 1 aliphatic rings. The Kier molecular flexibility index (Phi) is 3.28. The number of nitrogens with zero attached hydrogens (tertiary/aromatic N) is 2. The van der Waals surface area contributed by atoms with E-state index >= 15 is 0 Å². The summed E-state index contributed by atoms with van der Waals surface area (Å²) in [6.07, 6.45) is 2.56. The van der Waals surface area contributed by atoms with Crippen molar-refractivity contribution in [2.24, 2.45) is 0 Å². The average molecular weight is 246 g/mol. The van der Waals surface area contributed by atoms with Crippen LogP contribution >= 0.6 is 0 Å². The molecule has 2 rings (SSSR count). The Hall–Kier alpha value is -2.35. The van der Waals surface area contributed by atoms with Gasteiger partial charge in [-0.05, 0) is 31.2 Å². The minimum Gasteiger partial charge on any atom is -0.449 e. The van der Waals surface area contributed by atoms with Crippen molar-refractivity contribution in [2.45, 2.75) is 13.0 Å². The molecule has 1 aromatic carbocycles. The monoisotopic (exact) mass is 246 g/mol. The molecule has 0 fully saturated rings. The van der Waals surface area contributed by atoms with Crippen LogP contribution in [0.5, 0.6) is 0 Å². The summed E-state index contributed by atoms with van der Waals surface area (Å²) < 4.78 is 18.0. The van der Waals surface area contributed by atoms with E-state index in [-0.39, 0.29) is 6.61 Å². The fraction of sp³-hybridized carbons (Fsp3) is 0.231. The van der Waals surface area contributed by atoms with E-state index < -0.39 is 18.0 Å². The van der Waals surface area contributed by atoms with Crippen LogP contribution in [0.4, 0.5) is 14.9 Å². The van der Waals surface area contributed by atoms with Gasteiger partial charge in [0.1, 0.15) is 11.9 Å². The second kappa shape index (κ2) is 4.88. The summed E-state index contributed by atoms with van der Waals surface area (Å²) in [6, 6.07) is 5.29. The van der Waals surface area contributed by atoms with Crippen molar-refractivity contribution in [1.82, 2.24) is 0 Å². The Balaban J connectivity index is 2.46. The summed E-state index contributed by atoms with van der Waals surface area (Å²) in [4.78, 5) is 13.1. The molecule has 0 N–H and O–H groups in total. The molecule has 5 heteroatoms. The highest BCUT2D eigenvalue weighted by Gasteiger charge is 2.29. The molecule has 0 spiro atoms. The number of carbonyl (C=O) groups excluding carboxylic acids is 1.